The fourth-order valence-electron chi connectivity index (χ4n) is 2.42. The Morgan fingerprint density at radius 3 is 2.20 bits per heavy atom. The van der Waals surface area contributed by atoms with E-state index in [1.165, 1.54) is 12.1 Å². The van der Waals surface area contributed by atoms with Crippen LogP contribution in [0.5, 0.6) is 5.88 Å². The van der Waals surface area contributed by atoms with Gasteiger partial charge in [-0.3, -0.25) is 9.89 Å². The Labute approximate surface area is 149 Å². The van der Waals surface area contributed by atoms with Crippen molar-refractivity contribution in [1.29, 1.82) is 0 Å². The number of hydrogen-bond acceptors (Lipinski definition) is 5. The maximum atomic E-state index is 11.6. The number of H-pyrrole nitrogens is 1. The molecule has 8 heteroatoms. The van der Waals surface area contributed by atoms with Gasteiger partial charge < -0.3 is 4.74 Å². The van der Waals surface area contributed by atoms with Gasteiger partial charge >= 0.3 is 0 Å². The van der Waals surface area contributed by atoms with Crippen LogP contribution in [0.1, 0.15) is 0 Å². The maximum Gasteiger partial charge on any atom is 0.299 e. The number of benzene rings is 2. The average Bonchev–Trinajstić information content (AvgIpc) is 2.99. The van der Waals surface area contributed by atoms with Gasteiger partial charge in [-0.15, -0.1) is 5.10 Å². The van der Waals surface area contributed by atoms with Crippen molar-refractivity contribution < 1.29 is 17.9 Å². The highest BCUT2D eigenvalue weighted by Gasteiger charge is 2.18. The quantitative estimate of drug-likeness (QED) is 0.690. The van der Waals surface area contributed by atoms with E-state index >= 15 is 0 Å². The molecule has 2 aromatic carbocycles. The van der Waals surface area contributed by atoms with Crippen LogP contribution in [0.15, 0.2) is 53.4 Å². The molecule has 1 heterocycles. The van der Waals surface area contributed by atoms with E-state index in [2.05, 4.69) is 10.2 Å². The number of ether oxygens (including phenoxy) is 1. The van der Waals surface area contributed by atoms with Crippen molar-refractivity contribution in [2.24, 2.45) is 0 Å². The summed E-state index contributed by atoms with van der Waals surface area (Å²) in [6.07, 6.45) is 1.15. The predicted octanol–water partition coefficient (Wildman–Crippen LogP) is 3.34. The van der Waals surface area contributed by atoms with E-state index in [0.717, 1.165) is 11.8 Å². The number of halogens is 1. The molecule has 128 valence electrons. The van der Waals surface area contributed by atoms with E-state index in [0.29, 0.717) is 28.3 Å². The van der Waals surface area contributed by atoms with Gasteiger partial charge in [0.25, 0.3) is 6.47 Å². The molecule has 0 aliphatic heterocycles. The van der Waals surface area contributed by atoms with E-state index in [9.17, 15) is 13.2 Å². The van der Waals surface area contributed by atoms with E-state index in [1.807, 2.05) is 0 Å². The Bertz CT molecular complexity index is 1010. The van der Waals surface area contributed by atoms with Gasteiger partial charge in [0.05, 0.1) is 16.2 Å². The molecule has 0 bridgehead atoms. The third-order valence-electron chi connectivity index (χ3n) is 3.60. The summed E-state index contributed by atoms with van der Waals surface area (Å²) < 4.78 is 28.1. The summed E-state index contributed by atoms with van der Waals surface area (Å²) in [5.74, 6) is 0.125. The summed E-state index contributed by atoms with van der Waals surface area (Å²) in [6.45, 7) is 0.298. The van der Waals surface area contributed by atoms with Crippen molar-refractivity contribution in [2.45, 2.75) is 4.90 Å². The zero-order valence-electron chi connectivity index (χ0n) is 13.1. The number of aromatic amines is 1. The van der Waals surface area contributed by atoms with Gasteiger partial charge in [0.15, 0.2) is 9.84 Å². The molecule has 0 fully saturated rings. The highest BCUT2D eigenvalue weighted by molar-refractivity contribution is 7.90. The molecule has 0 atom stereocenters. The molecule has 0 saturated heterocycles. The third-order valence-corrected chi connectivity index (χ3v) is 4.98. The molecule has 25 heavy (non-hydrogen) atoms. The smallest absolute Gasteiger partial charge is 0.299 e. The summed E-state index contributed by atoms with van der Waals surface area (Å²) in [4.78, 5) is 11.0. The van der Waals surface area contributed by atoms with E-state index in [1.54, 1.807) is 36.4 Å². The second-order valence-corrected chi connectivity index (χ2v) is 7.75. The number of hydrogen-bond donors (Lipinski definition) is 1. The largest absolute Gasteiger partial charge is 0.407 e. The molecule has 1 N–H and O–H groups in total. The SMILES string of the molecule is CS(=O)(=O)c1ccc(-c2[nH]nc(OC=O)c2-c2ccc(Cl)cc2)cc1. The van der Waals surface area contributed by atoms with Gasteiger partial charge in [-0.05, 0) is 29.8 Å². The van der Waals surface area contributed by atoms with Crippen LogP contribution in [0.3, 0.4) is 0 Å². The molecule has 3 aromatic rings. The number of sulfone groups is 1. The Balaban J connectivity index is 2.13. The lowest BCUT2D eigenvalue weighted by Gasteiger charge is -2.06. The second-order valence-electron chi connectivity index (χ2n) is 5.30. The monoisotopic (exact) mass is 376 g/mol. The first kappa shape index (κ1) is 17.2. The van der Waals surface area contributed by atoms with Gasteiger partial charge in [-0.2, -0.15) is 0 Å². The summed E-state index contributed by atoms with van der Waals surface area (Å²) in [5, 5.41) is 7.43. The van der Waals surface area contributed by atoms with Gasteiger partial charge in [-0.1, -0.05) is 35.9 Å². The van der Waals surface area contributed by atoms with Crippen molar-refractivity contribution >= 4 is 27.9 Å². The van der Waals surface area contributed by atoms with Crippen LogP contribution in [-0.4, -0.2) is 31.3 Å². The Morgan fingerprint density at radius 1 is 1.04 bits per heavy atom. The van der Waals surface area contributed by atoms with E-state index in [-0.39, 0.29) is 10.8 Å². The lowest BCUT2D eigenvalue weighted by Crippen LogP contribution is -1.96. The molecular weight excluding hydrogens is 364 g/mol. The zero-order chi connectivity index (χ0) is 18.0. The maximum absolute atomic E-state index is 11.6. The fourth-order valence-corrected chi connectivity index (χ4v) is 3.17. The summed E-state index contributed by atoms with van der Waals surface area (Å²) in [7, 11) is -3.28. The van der Waals surface area contributed by atoms with Crippen molar-refractivity contribution in [3.8, 4) is 28.3 Å². The van der Waals surface area contributed by atoms with Crippen LogP contribution in [0, 0.1) is 0 Å². The second kappa shape index (κ2) is 6.70. The molecule has 6 nitrogen and oxygen atoms in total. The first-order valence-corrected chi connectivity index (χ1v) is 9.42. The third kappa shape index (κ3) is 3.57. The predicted molar refractivity (Wildman–Crippen MR) is 94.3 cm³/mol. The van der Waals surface area contributed by atoms with Gasteiger partial charge in [-0.25, -0.2) is 8.42 Å². The van der Waals surface area contributed by atoms with Crippen molar-refractivity contribution in [2.75, 3.05) is 6.26 Å². The normalized spacial score (nSPS) is 11.3. The van der Waals surface area contributed by atoms with Crippen LogP contribution in [0.2, 0.25) is 5.02 Å². The number of nitrogens with one attached hydrogen (secondary N) is 1. The number of carbonyl (C=O) groups is 1. The first-order chi connectivity index (χ1) is 11.9. The molecule has 0 aliphatic rings. The molecular formula is C17H13ClN2O4S. The van der Waals surface area contributed by atoms with E-state index < -0.39 is 9.84 Å². The fraction of sp³-hybridized carbons (Fsp3) is 0.0588. The molecule has 0 amide bonds. The number of carbonyl (C=O) groups excluding carboxylic acids is 1. The Hall–Kier alpha value is -2.64. The van der Waals surface area contributed by atoms with Gasteiger partial charge in [0, 0.05) is 16.8 Å². The average molecular weight is 377 g/mol. The highest BCUT2D eigenvalue weighted by Crippen LogP contribution is 2.37. The molecule has 3 rings (SSSR count). The lowest BCUT2D eigenvalue weighted by molar-refractivity contribution is -0.120. The minimum atomic E-state index is -3.28. The van der Waals surface area contributed by atoms with Crippen LogP contribution in [0.4, 0.5) is 0 Å². The van der Waals surface area contributed by atoms with Crippen molar-refractivity contribution in [1.82, 2.24) is 10.2 Å². The lowest BCUT2D eigenvalue weighted by atomic mass is 10.0. The van der Waals surface area contributed by atoms with Gasteiger partial charge in [0.2, 0.25) is 5.88 Å². The van der Waals surface area contributed by atoms with Crippen molar-refractivity contribution in [3.05, 3.63) is 53.6 Å². The van der Waals surface area contributed by atoms with Crippen LogP contribution >= 0.6 is 11.6 Å². The molecule has 0 unspecified atom stereocenters. The standard InChI is InChI=1S/C17H13ClN2O4S/c1-25(22,23)14-8-4-12(5-9-14)16-15(17(20-19-16)24-10-21)11-2-6-13(18)7-3-11/h2-10H,1H3,(H,19,20). The van der Waals surface area contributed by atoms with Crippen molar-refractivity contribution in [3.63, 3.8) is 0 Å². The van der Waals surface area contributed by atoms with Crippen LogP contribution in [-0.2, 0) is 14.6 Å². The summed E-state index contributed by atoms with van der Waals surface area (Å²) in [5.41, 5.74) is 2.62. The zero-order valence-corrected chi connectivity index (χ0v) is 14.6. The summed E-state index contributed by atoms with van der Waals surface area (Å²) >= 11 is 5.92. The van der Waals surface area contributed by atoms with Gasteiger partial charge in [0.1, 0.15) is 0 Å². The molecule has 0 saturated carbocycles. The van der Waals surface area contributed by atoms with Crippen LogP contribution in [0.25, 0.3) is 22.4 Å². The number of nitrogens with zero attached hydrogens (tertiary/aromatic N) is 1. The molecule has 0 radical (unpaired) electrons. The topological polar surface area (TPSA) is 89.1 Å². The summed E-state index contributed by atoms with van der Waals surface area (Å²) in [6, 6.07) is 13.3. The highest BCUT2D eigenvalue weighted by atomic mass is 35.5. The number of aromatic nitrogens is 2. The molecule has 0 aliphatic carbocycles. The first-order valence-electron chi connectivity index (χ1n) is 7.15. The van der Waals surface area contributed by atoms with E-state index in [4.69, 9.17) is 16.3 Å². The minimum Gasteiger partial charge on any atom is -0.407 e. The molecule has 1 aromatic heterocycles. The Morgan fingerprint density at radius 2 is 1.64 bits per heavy atom. The Kier molecular flexibility index (Phi) is 4.61. The molecule has 0 spiro atoms. The minimum absolute atomic E-state index is 0.125. The number of rotatable bonds is 5. The van der Waals surface area contributed by atoms with Crippen LogP contribution < -0.4 is 4.74 Å².